The minimum absolute atomic E-state index is 0.966. The van der Waals surface area contributed by atoms with E-state index in [4.69, 9.17) is 13.3 Å². The molecule has 0 saturated carbocycles. The maximum Gasteiger partial charge on any atom is 0.536 e. The molecule has 0 unspecified atom stereocenters. The van der Waals surface area contributed by atoms with E-state index >= 15 is 0 Å². The highest BCUT2D eigenvalue weighted by Gasteiger charge is 2.44. The second-order valence-electron chi connectivity index (χ2n) is 29.7. The summed E-state index contributed by atoms with van der Waals surface area (Å²) in [5.41, 5.74) is 18.5. The molecule has 0 fully saturated rings. The molecule has 0 radical (unpaired) electrons. The van der Waals surface area contributed by atoms with Gasteiger partial charge >= 0.3 is 8.80 Å². The van der Waals surface area contributed by atoms with E-state index in [9.17, 15) is 0 Å². The van der Waals surface area contributed by atoms with E-state index in [0.717, 1.165) is 5.19 Å². The Labute approximate surface area is 600 Å². The average molecular weight is 1390 g/mol. The van der Waals surface area contributed by atoms with E-state index in [1.807, 2.05) is 0 Å². The Morgan fingerprint density at radius 3 is 0.691 bits per heavy atom. The van der Waals surface area contributed by atoms with Gasteiger partial charge in [0.25, 0.3) is 0 Å². The third-order valence-corrected chi connectivity index (χ3v) is 49.0. The highest BCUT2D eigenvalue weighted by molar-refractivity contribution is 6.97. The standard InChI is InChI=1S/C89H134O3Si5/c1-17-30-31-32-33-34-35-72-36-38-73(39-37-72)74-40-44-77(45-41-74)81-68-84(93(56-18-2,57-19-3)58-20-4)88(85(69-81)94(59-21-5,60-22-6)61-23-7)79-48-50-80(51-49-79)89-86(95(62-24-8,63-25-9)64-26-10)70-82(71-87(89)96(65-27-11,66-28-12)67-29-13)78-46-42-75(43-47-78)76-52-54-83(55-53-76)97(90-14,91-15)92-16/h36-55,68-71H,17-35,56-67H2,1-16H3. The zero-order valence-electron chi connectivity index (χ0n) is 64.5. The minimum atomic E-state index is -2.95. The van der Waals surface area contributed by atoms with Gasteiger partial charge in [-0.25, -0.2) is 0 Å². The van der Waals surface area contributed by atoms with Crippen molar-refractivity contribution in [1.82, 2.24) is 0 Å². The maximum absolute atomic E-state index is 5.87. The lowest BCUT2D eigenvalue weighted by molar-refractivity contribution is 0.140. The number of rotatable bonds is 45. The van der Waals surface area contributed by atoms with Crippen LogP contribution in [0.3, 0.4) is 0 Å². The first kappa shape index (κ1) is 79.8. The molecule has 0 N–H and O–H groups in total. The summed E-state index contributed by atoms with van der Waals surface area (Å²) in [7, 11) is -6.27. The minimum Gasteiger partial charge on any atom is -0.373 e. The molecule has 97 heavy (non-hydrogen) atoms. The van der Waals surface area contributed by atoms with Gasteiger partial charge in [-0.05, 0) is 85.2 Å². The van der Waals surface area contributed by atoms with Crippen LogP contribution >= 0.6 is 0 Å². The molecule has 7 aromatic carbocycles. The van der Waals surface area contributed by atoms with Crippen LogP contribution in [0.2, 0.25) is 72.5 Å². The Bertz CT molecular complexity index is 3230. The van der Waals surface area contributed by atoms with Gasteiger partial charge in [0.05, 0.1) is 32.3 Å². The average Bonchev–Trinajstić information content (AvgIpc) is 0.738. The fourth-order valence-electron chi connectivity index (χ4n) is 18.7. The van der Waals surface area contributed by atoms with Crippen LogP contribution in [-0.4, -0.2) is 62.4 Å². The van der Waals surface area contributed by atoms with Crippen LogP contribution in [0.5, 0.6) is 0 Å². The van der Waals surface area contributed by atoms with Gasteiger partial charge in [-0.3, -0.25) is 0 Å². The molecule has 528 valence electrons. The summed E-state index contributed by atoms with van der Waals surface area (Å²) < 4.78 is 17.6. The molecule has 0 bridgehead atoms. The van der Waals surface area contributed by atoms with E-state index in [1.54, 1.807) is 53.2 Å². The predicted molar refractivity (Wildman–Crippen MR) is 445 cm³/mol. The lowest BCUT2D eigenvalue weighted by Crippen LogP contribution is -2.55. The van der Waals surface area contributed by atoms with Crippen molar-refractivity contribution >= 4 is 67.0 Å². The zero-order valence-corrected chi connectivity index (χ0v) is 69.5. The zero-order chi connectivity index (χ0) is 69.9. The van der Waals surface area contributed by atoms with Crippen LogP contribution in [0, 0.1) is 0 Å². The summed E-state index contributed by atoms with van der Waals surface area (Å²) >= 11 is 0. The predicted octanol–water partition coefficient (Wildman–Crippen LogP) is 25.2. The third kappa shape index (κ3) is 19.0. The molecule has 8 heteroatoms. The number of benzene rings is 7. The first-order chi connectivity index (χ1) is 47.2. The molecule has 0 atom stereocenters. The Kier molecular flexibility index (Phi) is 32.6. The van der Waals surface area contributed by atoms with Crippen molar-refractivity contribution in [3.05, 3.63) is 151 Å². The first-order valence-corrected chi connectivity index (χ1v) is 52.0. The van der Waals surface area contributed by atoms with Gasteiger partial charge in [0.2, 0.25) is 0 Å². The van der Waals surface area contributed by atoms with Crippen molar-refractivity contribution < 1.29 is 13.3 Å². The number of hydrogen-bond acceptors (Lipinski definition) is 3. The Hall–Kier alpha value is -4.50. The summed E-state index contributed by atoms with van der Waals surface area (Å²) in [6.45, 7) is 32.3. The SMILES string of the molecule is CCCCCCCCc1ccc(-c2ccc(-c3cc([Si](CCC)(CCC)CCC)c(-c4ccc(-c5c([Si](CCC)(CCC)CCC)cc(-c6ccc(-c7ccc([Si](OC)(OC)OC)cc7)cc6)cc5[Si](CCC)(CCC)CCC)cc4)c([Si](CCC)(CCC)CCC)c3)cc2)cc1. The van der Waals surface area contributed by atoms with Gasteiger partial charge in [-0.1, -0.05) is 438 Å². The lowest BCUT2D eigenvalue weighted by Gasteiger charge is -2.40. The monoisotopic (exact) mass is 1390 g/mol. The normalized spacial score (nSPS) is 12.5. The van der Waals surface area contributed by atoms with Crippen LogP contribution in [0.15, 0.2) is 146 Å². The summed E-state index contributed by atoms with van der Waals surface area (Å²) in [6, 6.07) is 76.1. The fourth-order valence-corrected chi connectivity index (χ4v) is 43.6. The van der Waals surface area contributed by atoms with E-state index in [-0.39, 0.29) is 0 Å². The molecular formula is C89H134O3Si5. The highest BCUT2D eigenvalue weighted by Crippen LogP contribution is 2.42. The third-order valence-electron chi connectivity index (χ3n) is 22.7. The van der Waals surface area contributed by atoms with E-state index in [0.29, 0.717) is 0 Å². The van der Waals surface area contributed by atoms with Crippen molar-refractivity contribution in [3.8, 4) is 66.8 Å². The van der Waals surface area contributed by atoms with Crippen LogP contribution in [0.25, 0.3) is 66.8 Å². The largest absolute Gasteiger partial charge is 0.536 e. The molecule has 0 saturated heterocycles. The topological polar surface area (TPSA) is 27.7 Å². The molecule has 7 rings (SSSR count). The van der Waals surface area contributed by atoms with Crippen molar-refractivity contribution in [2.45, 2.75) is 285 Å². The van der Waals surface area contributed by atoms with Gasteiger partial charge in [-0.2, -0.15) is 0 Å². The molecule has 0 spiro atoms. The number of hydrogen-bond donors (Lipinski definition) is 0. The Morgan fingerprint density at radius 1 is 0.227 bits per heavy atom. The van der Waals surface area contributed by atoms with Gasteiger partial charge < -0.3 is 13.3 Å². The fraction of sp³-hybridized carbons (Fsp3) is 0.528. The summed E-state index contributed by atoms with van der Waals surface area (Å²) in [6.07, 6.45) is 24.1. The van der Waals surface area contributed by atoms with E-state index in [1.165, 1.54) is 256 Å². The number of unbranched alkanes of at least 4 members (excludes halogenated alkanes) is 5. The second-order valence-corrected chi connectivity index (χ2v) is 51.0. The Balaban J connectivity index is 1.52. The van der Waals surface area contributed by atoms with Crippen molar-refractivity contribution in [2.24, 2.45) is 0 Å². The highest BCUT2D eigenvalue weighted by atomic mass is 28.4. The van der Waals surface area contributed by atoms with Crippen molar-refractivity contribution in [3.63, 3.8) is 0 Å². The van der Waals surface area contributed by atoms with Gasteiger partial charge in [0.15, 0.2) is 0 Å². The molecule has 3 nitrogen and oxygen atoms in total. The summed E-state index contributed by atoms with van der Waals surface area (Å²) in [4.78, 5) is 0. The molecule has 0 heterocycles. The first-order valence-electron chi connectivity index (χ1n) is 39.8. The van der Waals surface area contributed by atoms with Crippen LogP contribution in [-0.2, 0) is 19.7 Å². The molecular weight excluding hydrogens is 1260 g/mol. The quantitative estimate of drug-likeness (QED) is 0.0281. The molecule has 0 aliphatic carbocycles. The Morgan fingerprint density at radius 2 is 0.443 bits per heavy atom. The lowest BCUT2D eigenvalue weighted by atomic mass is 9.95. The number of aryl methyl sites for hydroxylation is 1. The smallest absolute Gasteiger partial charge is 0.373 e. The summed E-state index contributed by atoms with van der Waals surface area (Å²) in [5, 5.41) is 8.11. The van der Waals surface area contributed by atoms with E-state index in [2.05, 4.69) is 236 Å². The maximum atomic E-state index is 5.87. The molecule has 0 aliphatic heterocycles. The van der Waals surface area contributed by atoms with Gasteiger partial charge in [0.1, 0.15) is 0 Å². The molecule has 7 aromatic rings. The summed E-state index contributed by atoms with van der Waals surface area (Å²) in [5.74, 6) is 0. The van der Waals surface area contributed by atoms with Crippen LogP contribution in [0.4, 0.5) is 0 Å². The van der Waals surface area contributed by atoms with Crippen molar-refractivity contribution in [1.29, 1.82) is 0 Å². The molecule has 0 aromatic heterocycles. The van der Waals surface area contributed by atoms with Crippen molar-refractivity contribution in [2.75, 3.05) is 21.3 Å². The van der Waals surface area contributed by atoms with Crippen LogP contribution in [0.1, 0.15) is 211 Å². The van der Waals surface area contributed by atoms with Gasteiger partial charge in [-0.15, -0.1) is 0 Å². The van der Waals surface area contributed by atoms with Gasteiger partial charge in [0, 0.05) is 26.5 Å². The second kappa shape index (κ2) is 39.6. The molecule has 0 aliphatic rings. The molecule has 0 amide bonds. The van der Waals surface area contributed by atoms with E-state index < -0.39 is 41.1 Å². The van der Waals surface area contributed by atoms with Crippen LogP contribution < -0.4 is 25.9 Å².